The molecule has 0 fully saturated rings. The molecule has 2 N–H and O–H groups in total. The Hall–Kier alpha value is -2.82. The molecular weight excluding hydrogens is 500 g/mol. The first kappa shape index (κ1) is 24.8. The van der Waals surface area contributed by atoms with Crippen molar-refractivity contribution < 1.29 is 22.7 Å². The average Bonchev–Trinajstić information content (AvgIpc) is 3.17. The Kier molecular flexibility index (Phi) is 8.17. The van der Waals surface area contributed by atoms with Crippen LogP contribution in [0.4, 0.5) is 24.0 Å². The Labute approximate surface area is 201 Å². The second-order valence-corrected chi connectivity index (χ2v) is 8.24. The number of benzene rings is 2. The molecule has 0 atom stereocenters. The monoisotopic (exact) mass is 516 g/mol. The summed E-state index contributed by atoms with van der Waals surface area (Å²) in [6.45, 7) is 2.22. The summed E-state index contributed by atoms with van der Waals surface area (Å²) in [7, 11) is 0. The summed E-state index contributed by atoms with van der Waals surface area (Å²) in [4.78, 5) is 16.3. The van der Waals surface area contributed by atoms with Gasteiger partial charge in [0, 0.05) is 11.1 Å². The van der Waals surface area contributed by atoms with Crippen molar-refractivity contribution in [3.8, 4) is 5.75 Å². The van der Waals surface area contributed by atoms with Gasteiger partial charge in [-0.05, 0) is 42.8 Å². The van der Waals surface area contributed by atoms with E-state index in [9.17, 15) is 18.0 Å². The number of carbonyl (C=O) groups is 1. The van der Waals surface area contributed by atoms with E-state index >= 15 is 0 Å². The first-order valence-electron chi connectivity index (χ1n) is 9.48. The van der Waals surface area contributed by atoms with Gasteiger partial charge in [-0.3, -0.25) is 4.79 Å². The molecule has 0 spiro atoms. The molecule has 1 amide bonds. The maximum Gasteiger partial charge on any atom is 0.416 e. The highest BCUT2D eigenvalue weighted by Gasteiger charge is 2.30. The summed E-state index contributed by atoms with van der Waals surface area (Å²) >= 11 is 13.4. The highest BCUT2D eigenvalue weighted by molar-refractivity contribution is 7.13. The van der Waals surface area contributed by atoms with E-state index in [1.807, 2.05) is 6.92 Å². The lowest BCUT2D eigenvalue weighted by atomic mass is 10.2. The number of alkyl halides is 3. The molecule has 0 aliphatic rings. The quantitative estimate of drug-likeness (QED) is 0.272. The van der Waals surface area contributed by atoms with Gasteiger partial charge in [0.25, 0.3) is 0 Å². The molecule has 33 heavy (non-hydrogen) atoms. The number of nitrogens with one attached hydrogen (secondary N) is 2. The number of halogens is 5. The zero-order chi connectivity index (χ0) is 24.0. The molecule has 12 heteroatoms. The van der Waals surface area contributed by atoms with E-state index in [1.165, 1.54) is 29.7 Å². The molecule has 0 aliphatic heterocycles. The highest BCUT2D eigenvalue weighted by atomic mass is 35.5. The normalized spacial score (nSPS) is 11.6. The van der Waals surface area contributed by atoms with E-state index in [4.69, 9.17) is 27.9 Å². The molecule has 2 aromatic carbocycles. The Bertz CT molecular complexity index is 1150. The Balaban J connectivity index is 1.56. The van der Waals surface area contributed by atoms with Gasteiger partial charge in [0.05, 0.1) is 40.5 Å². The van der Waals surface area contributed by atoms with E-state index in [0.29, 0.717) is 38.8 Å². The number of rotatable bonds is 8. The van der Waals surface area contributed by atoms with Crippen LogP contribution < -0.4 is 15.5 Å². The molecule has 0 unspecified atom stereocenters. The van der Waals surface area contributed by atoms with Crippen molar-refractivity contribution in [3.05, 3.63) is 68.6 Å². The van der Waals surface area contributed by atoms with E-state index in [2.05, 4.69) is 20.8 Å². The number of thiazole rings is 1. The lowest BCUT2D eigenvalue weighted by Crippen LogP contribution is -2.19. The van der Waals surface area contributed by atoms with Gasteiger partial charge in [0.15, 0.2) is 10.9 Å². The Morgan fingerprint density at radius 2 is 1.97 bits per heavy atom. The van der Waals surface area contributed by atoms with Gasteiger partial charge in [-0.15, -0.1) is 11.3 Å². The van der Waals surface area contributed by atoms with Crippen molar-refractivity contribution in [2.75, 3.05) is 11.9 Å². The topological polar surface area (TPSA) is 75.6 Å². The van der Waals surface area contributed by atoms with Crippen molar-refractivity contribution in [2.45, 2.75) is 19.5 Å². The van der Waals surface area contributed by atoms with Gasteiger partial charge in [-0.2, -0.15) is 18.3 Å². The van der Waals surface area contributed by atoms with Crippen LogP contribution in [-0.4, -0.2) is 23.7 Å². The predicted octanol–water partition coefficient (Wildman–Crippen LogP) is 6.30. The molecule has 0 saturated heterocycles. The summed E-state index contributed by atoms with van der Waals surface area (Å²) in [5.74, 6) is -0.0506. The molecule has 0 saturated carbocycles. The van der Waals surface area contributed by atoms with E-state index in [0.717, 1.165) is 12.1 Å². The number of amides is 1. The minimum Gasteiger partial charge on any atom is -0.491 e. The molecular formula is C21H17Cl2F3N4O2S. The third kappa shape index (κ3) is 7.08. The van der Waals surface area contributed by atoms with Crippen LogP contribution >= 0.6 is 34.5 Å². The fourth-order valence-corrected chi connectivity index (χ4v) is 4.00. The molecule has 1 heterocycles. The van der Waals surface area contributed by atoms with Crippen LogP contribution in [0.25, 0.3) is 0 Å². The number of ether oxygens (including phenoxy) is 1. The number of hydrogen-bond acceptors (Lipinski definition) is 6. The highest BCUT2D eigenvalue weighted by Crippen LogP contribution is 2.34. The average molecular weight is 517 g/mol. The summed E-state index contributed by atoms with van der Waals surface area (Å²) in [6, 6.07) is 7.97. The fraction of sp³-hybridized carbons (Fsp3) is 0.190. The number of carbonyl (C=O) groups excluding carboxylic acids is 1. The Morgan fingerprint density at radius 3 is 2.64 bits per heavy atom. The van der Waals surface area contributed by atoms with Crippen molar-refractivity contribution >= 4 is 57.5 Å². The zero-order valence-electron chi connectivity index (χ0n) is 17.0. The smallest absolute Gasteiger partial charge is 0.416 e. The van der Waals surface area contributed by atoms with Crippen molar-refractivity contribution in [1.29, 1.82) is 0 Å². The maximum absolute atomic E-state index is 12.8. The minimum atomic E-state index is -4.44. The molecule has 0 bridgehead atoms. The van der Waals surface area contributed by atoms with Crippen LogP contribution in [-0.2, 0) is 17.4 Å². The summed E-state index contributed by atoms with van der Waals surface area (Å²) < 4.78 is 43.9. The number of aromatic nitrogens is 1. The number of nitrogens with zero attached hydrogens (tertiary/aromatic N) is 2. The predicted molar refractivity (Wildman–Crippen MR) is 124 cm³/mol. The van der Waals surface area contributed by atoms with Crippen LogP contribution in [0.3, 0.4) is 0 Å². The van der Waals surface area contributed by atoms with Crippen molar-refractivity contribution in [1.82, 2.24) is 10.4 Å². The van der Waals surface area contributed by atoms with E-state index in [1.54, 1.807) is 17.5 Å². The van der Waals surface area contributed by atoms with E-state index in [-0.39, 0.29) is 12.1 Å². The largest absolute Gasteiger partial charge is 0.491 e. The lowest BCUT2D eigenvalue weighted by molar-refractivity contribution is -0.137. The standard InChI is InChI=1S/C21H17Cl2F3N4O2S/c1-2-32-19-16(22)6-12(7-17(19)23)10-27-30-18(31)9-15-11-33-20(29-15)28-14-5-3-4-13(8-14)21(24,25)26/h3-8,10-11H,2,9H2,1H3,(H,28,29)(H,30,31)/b27-10-. The van der Waals surface area contributed by atoms with E-state index < -0.39 is 17.6 Å². The molecule has 3 rings (SSSR count). The minimum absolute atomic E-state index is 0.0666. The summed E-state index contributed by atoms with van der Waals surface area (Å²) in [5, 5.41) is 9.31. The van der Waals surface area contributed by atoms with Crippen LogP contribution in [0.15, 0.2) is 46.9 Å². The third-order valence-corrected chi connectivity index (χ3v) is 5.41. The SMILES string of the molecule is CCOc1c(Cl)cc(/C=N\NC(=O)Cc2csc(Nc3cccc(C(F)(F)F)c3)n2)cc1Cl. The van der Waals surface area contributed by atoms with Gasteiger partial charge in [0.1, 0.15) is 0 Å². The number of anilines is 2. The van der Waals surface area contributed by atoms with Crippen molar-refractivity contribution in [3.63, 3.8) is 0 Å². The molecule has 6 nitrogen and oxygen atoms in total. The second kappa shape index (κ2) is 10.9. The van der Waals surface area contributed by atoms with Crippen LogP contribution in [0.1, 0.15) is 23.7 Å². The zero-order valence-corrected chi connectivity index (χ0v) is 19.4. The molecule has 174 valence electrons. The molecule has 0 radical (unpaired) electrons. The van der Waals surface area contributed by atoms with Crippen LogP contribution in [0, 0.1) is 0 Å². The van der Waals surface area contributed by atoms with Gasteiger partial charge in [-0.1, -0.05) is 29.3 Å². The van der Waals surface area contributed by atoms with Gasteiger partial charge >= 0.3 is 6.18 Å². The maximum atomic E-state index is 12.8. The fourth-order valence-electron chi connectivity index (χ4n) is 2.66. The van der Waals surface area contributed by atoms with Crippen molar-refractivity contribution in [2.24, 2.45) is 5.10 Å². The molecule has 3 aromatic rings. The number of hydrogen-bond donors (Lipinski definition) is 2. The Morgan fingerprint density at radius 1 is 1.24 bits per heavy atom. The number of hydrazone groups is 1. The van der Waals surface area contributed by atoms with Gasteiger partial charge < -0.3 is 10.1 Å². The first-order valence-corrected chi connectivity index (χ1v) is 11.1. The third-order valence-electron chi connectivity index (χ3n) is 4.05. The molecule has 0 aliphatic carbocycles. The van der Waals surface area contributed by atoms with Crippen LogP contribution in [0.2, 0.25) is 10.0 Å². The van der Waals surface area contributed by atoms with Gasteiger partial charge in [0.2, 0.25) is 5.91 Å². The first-order chi connectivity index (χ1) is 15.7. The van der Waals surface area contributed by atoms with Crippen LogP contribution in [0.5, 0.6) is 5.75 Å². The summed E-state index contributed by atoms with van der Waals surface area (Å²) in [6.07, 6.45) is -3.12. The van der Waals surface area contributed by atoms with Gasteiger partial charge in [-0.25, -0.2) is 10.4 Å². The lowest BCUT2D eigenvalue weighted by Gasteiger charge is -2.09. The second-order valence-electron chi connectivity index (χ2n) is 6.56. The molecule has 1 aromatic heterocycles. The summed E-state index contributed by atoms with van der Waals surface area (Å²) in [5.41, 5.74) is 2.85.